The smallest absolute Gasteiger partial charge is 0.315 e. The number of carbonyl (C=O) groups excluding carboxylic acids is 4. The normalized spacial score (nSPS) is 18.7. The van der Waals surface area contributed by atoms with Crippen LogP contribution in [0.1, 0.15) is 68.3 Å². The van der Waals surface area contributed by atoms with Crippen LogP contribution in [-0.4, -0.2) is 87.7 Å². The summed E-state index contributed by atoms with van der Waals surface area (Å²) < 4.78 is 2.08. The van der Waals surface area contributed by atoms with E-state index in [1.54, 1.807) is 12.5 Å². The van der Waals surface area contributed by atoms with Crippen LogP contribution in [0.5, 0.6) is 0 Å². The van der Waals surface area contributed by atoms with Crippen molar-refractivity contribution in [3.8, 4) is 0 Å². The molecule has 0 radical (unpaired) electrons. The number of hydroxylamine groups is 2. The van der Waals surface area contributed by atoms with E-state index in [2.05, 4.69) is 67.2 Å². The number of thioether (sulfide) groups is 1. The summed E-state index contributed by atoms with van der Waals surface area (Å²) in [5.74, 6) is -0.130. The van der Waals surface area contributed by atoms with Crippen molar-refractivity contribution in [3.63, 3.8) is 0 Å². The van der Waals surface area contributed by atoms with Gasteiger partial charge in [0.1, 0.15) is 17.6 Å². The topological polar surface area (TPSA) is 147 Å². The van der Waals surface area contributed by atoms with Crippen molar-refractivity contribution < 1.29 is 24.0 Å². The first-order valence-corrected chi connectivity index (χ1v) is 20.4. The number of benzene rings is 3. The molecule has 3 heterocycles. The van der Waals surface area contributed by atoms with Crippen molar-refractivity contribution in [2.75, 3.05) is 19.9 Å². The molecule has 1 aromatic heterocycles. The lowest BCUT2D eigenvalue weighted by atomic mass is 9.76. The lowest BCUT2D eigenvalue weighted by Crippen LogP contribution is -2.55. The van der Waals surface area contributed by atoms with Gasteiger partial charge in [0.25, 0.3) is 5.91 Å². The third kappa shape index (κ3) is 9.11. The Hall–Kier alpha value is -5.14. The quantitative estimate of drug-likeness (QED) is 0.0480. The maximum atomic E-state index is 14.1. The van der Waals surface area contributed by atoms with E-state index >= 15 is 0 Å². The second-order valence-electron chi connectivity index (χ2n) is 15.0. The van der Waals surface area contributed by atoms with Gasteiger partial charge in [-0.1, -0.05) is 111 Å². The summed E-state index contributed by atoms with van der Waals surface area (Å²) in [5.41, 5.74) is 2.80. The van der Waals surface area contributed by atoms with Gasteiger partial charge in [-0.25, -0.2) is 14.8 Å². The summed E-state index contributed by atoms with van der Waals surface area (Å²) in [6.07, 6.45) is 6.64. The number of carbonyl (C=O) groups is 4. The maximum Gasteiger partial charge on any atom is 0.315 e. The van der Waals surface area contributed by atoms with Crippen LogP contribution in [0.15, 0.2) is 104 Å². The van der Waals surface area contributed by atoms with E-state index in [0.717, 1.165) is 40.3 Å². The number of urea groups is 1. The molecule has 0 saturated carbocycles. The highest BCUT2D eigenvalue weighted by Crippen LogP contribution is 2.42. The van der Waals surface area contributed by atoms with E-state index in [1.807, 2.05) is 80.2 Å². The molecule has 4 N–H and O–H groups in total. The monoisotopic (exact) mass is 779 g/mol. The average Bonchev–Trinajstić information content (AvgIpc) is 3.93. The van der Waals surface area contributed by atoms with Crippen LogP contribution < -0.4 is 21.3 Å². The molecule has 13 heteroatoms. The lowest BCUT2D eigenvalue weighted by molar-refractivity contribution is -0.171. The molecule has 0 bridgehead atoms. The number of nitrogens with zero attached hydrogens (tertiary/aromatic N) is 3. The summed E-state index contributed by atoms with van der Waals surface area (Å²) in [7, 11) is 2.91. The van der Waals surface area contributed by atoms with Crippen molar-refractivity contribution in [2.45, 2.75) is 87.3 Å². The van der Waals surface area contributed by atoms with Crippen molar-refractivity contribution >= 4 is 35.5 Å². The van der Waals surface area contributed by atoms with Crippen LogP contribution in [0.25, 0.3) is 0 Å². The fourth-order valence-electron chi connectivity index (χ4n) is 7.97. The Balaban J connectivity index is 1.23. The molecular formula is C43H53N7O5S. The Bertz CT molecular complexity index is 1830. The lowest BCUT2D eigenvalue weighted by Gasteiger charge is -2.39. The Morgan fingerprint density at radius 1 is 0.911 bits per heavy atom. The highest BCUT2D eigenvalue weighted by Gasteiger charge is 2.43. The zero-order valence-corrected chi connectivity index (χ0v) is 33.3. The summed E-state index contributed by atoms with van der Waals surface area (Å²) >= 11 is 1.85. The molecule has 12 nitrogen and oxygen atoms in total. The SMILES string of the molecule is CON(C)C(=O)[C@H](Cc1cncn1C(c1ccccc1)(c1ccccc1)c1ccccc1)NC(=O)[C@H](CC(C)C)NC(=O)CCCC[C@@H]1SC[C@@H]2NC(=O)N[C@@H]21. The Morgan fingerprint density at radius 2 is 1.52 bits per heavy atom. The van der Waals surface area contributed by atoms with Crippen molar-refractivity contribution in [1.29, 1.82) is 0 Å². The van der Waals surface area contributed by atoms with Gasteiger partial charge in [0.2, 0.25) is 11.8 Å². The molecule has 0 spiro atoms. The van der Waals surface area contributed by atoms with Gasteiger partial charge in [-0.05, 0) is 41.9 Å². The van der Waals surface area contributed by atoms with Gasteiger partial charge in [-0.3, -0.25) is 19.2 Å². The van der Waals surface area contributed by atoms with Gasteiger partial charge in [0, 0.05) is 42.8 Å². The van der Waals surface area contributed by atoms with Crippen molar-refractivity contribution in [2.24, 2.45) is 5.92 Å². The van der Waals surface area contributed by atoms with Gasteiger partial charge in [0.15, 0.2) is 0 Å². The first kappa shape index (κ1) is 40.5. The number of rotatable bonds is 18. The van der Waals surface area contributed by atoms with Gasteiger partial charge in [-0.2, -0.15) is 11.8 Å². The molecule has 56 heavy (non-hydrogen) atoms. The fourth-order valence-corrected chi connectivity index (χ4v) is 9.51. The Morgan fingerprint density at radius 3 is 2.09 bits per heavy atom. The molecule has 296 valence electrons. The van der Waals surface area contributed by atoms with Crippen LogP contribution in [0.2, 0.25) is 0 Å². The van der Waals surface area contributed by atoms with Gasteiger partial charge < -0.3 is 25.8 Å². The number of imidazole rings is 1. The number of hydrogen-bond acceptors (Lipinski definition) is 7. The number of amides is 5. The Labute approximate surface area is 333 Å². The molecule has 0 aliphatic carbocycles. The Kier molecular flexibility index (Phi) is 13.5. The zero-order chi connectivity index (χ0) is 39.7. The van der Waals surface area contributed by atoms with E-state index in [4.69, 9.17) is 4.84 Å². The number of unbranched alkanes of at least 4 members (excludes halogenated alkanes) is 1. The molecular weight excluding hydrogens is 727 g/mol. The molecule has 2 saturated heterocycles. The molecule has 2 aliphatic heterocycles. The summed E-state index contributed by atoms with van der Waals surface area (Å²) in [5, 5.41) is 13.4. The summed E-state index contributed by atoms with van der Waals surface area (Å²) in [6.45, 7) is 3.98. The van der Waals surface area contributed by atoms with Crippen LogP contribution in [0, 0.1) is 5.92 Å². The molecule has 5 atom stereocenters. The third-order valence-corrected chi connectivity index (χ3v) is 12.2. The first-order chi connectivity index (χ1) is 27.1. The number of hydrogen-bond donors (Lipinski definition) is 4. The van der Waals surface area contributed by atoms with Crippen molar-refractivity contribution in [3.05, 3.63) is 126 Å². The van der Waals surface area contributed by atoms with Crippen molar-refractivity contribution in [1.82, 2.24) is 35.9 Å². The predicted molar refractivity (Wildman–Crippen MR) is 218 cm³/mol. The van der Waals surface area contributed by atoms with Gasteiger partial charge in [-0.15, -0.1) is 0 Å². The van der Waals surface area contributed by atoms with Gasteiger partial charge in [0.05, 0.1) is 25.5 Å². The van der Waals surface area contributed by atoms with Crippen LogP contribution in [0.4, 0.5) is 4.79 Å². The molecule has 2 fully saturated rings. The highest BCUT2D eigenvalue weighted by molar-refractivity contribution is 8.00. The summed E-state index contributed by atoms with van der Waals surface area (Å²) in [4.78, 5) is 63.1. The maximum absolute atomic E-state index is 14.1. The minimum absolute atomic E-state index is 0.0892. The van der Waals surface area contributed by atoms with E-state index < -0.39 is 29.4 Å². The number of nitrogens with one attached hydrogen (secondary N) is 4. The zero-order valence-electron chi connectivity index (χ0n) is 32.5. The largest absolute Gasteiger partial charge is 0.344 e. The van der Waals surface area contributed by atoms with Crippen LogP contribution in [-0.2, 0) is 31.2 Å². The van der Waals surface area contributed by atoms with E-state index in [0.29, 0.717) is 23.8 Å². The molecule has 0 unspecified atom stereocenters. The number of likely N-dealkylation sites (N-methyl/N-ethyl adjacent to an activating group) is 1. The second kappa shape index (κ2) is 18.7. The van der Waals surface area contributed by atoms with E-state index in [1.165, 1.54) is 14.2 Å². The first-order valence-electron chi connectivity index (χ1n) is 19.4. The number of aromatic nitrogens is 2. The fraction of sp³-hybridized carbons (Fsp3) is 0.419. The van der Waals surface area contributed by atoms with Gasteiger partial charge >= 0.3 is 6.03 Å². The molecule has 3 aromatic carbocycles. The van der Waals surface area contributed by atoms with E-state index in [-0.39, 0.29) is 42.8 Å². The third-order valence-electron chi connectivity index (χ3n) is 10.7. The van der Waals surface area contributed by atoms with Crippen LogP contribution >= 0.6 is 11.8 Å². The molecule has 5 amide bonds. The number of fused-ring (bicyclic) bond motifs is 1. The molecule has 2 aliphatic rings. The molecule has 6 rings (SSSR count). The predicted octanol–water partition coefficient (Wildman–Crippen LogP) is 5.03. The van der Waals surface area contributed by atoms with Crippen LogP contribution in [0.3, 0.4) is 0 Å². The standard InChI is InChI=1S/C43H53N7O5S/c1-29(2)24-34(45-38(51)23-15-14-22-37-39-36(27-56-37)47-42(54)48-39)40(52)46-35(41(53)49(3)55-4)25-33-26-44-28-50(33)43(30-16-8-5-9-17-30,31-18-10-6-11-19-31)32-20-12-7-13-21-32/h5-13,16-21,26,28-29,34-37,39H,14-15,22-25,27H2,1-4H3,(H,45,51)(H,46,52)(H2,47,48,54)/t34-,35-,36-,37-,39-/m0/s1. The average molecular weight is 780 g/mol. The minimum Gasteiger partial charge on any atom is -0.344 e. The second-order valence-corrected chi connectivity index (χ2v) is 16.2. The minimum atomic E-state index is -1.05. The highest BCUT2D eigenvalue weighted by atomic mass is 32.2. The molecule has 4 aromatic rings. The van der Waals surface area contributed by atoms with E-state index in [9.17, 15) is 19.2 Å². The summed E-state index contributed by atoms with van der Waals surface area (Å²) in [6, 6.07) is 28.8.